The van der Waals surface area contributed by atoms with Gasteiger partial charge in [0.1, 0.15) is 0 Å². The quantitative estimate of drug-likeness (QED) is 0.650. The number of rotatable bonds is 4. The fraction of sp³-hybridized carbons (Fsp3) is 0.909. The van der Waals surface area contributed by atoms with Crippen LogP contribution in [0.25, 0.3) is 0 Å². The van der Waals surface area contributed by atoms with Gasteiger partial charge in [-0.15, -0.1) is 0 Å². The van der Waals surface area contributed by atoms with E-state index in [1.54, 1.807) is 0 Å². The van der Waals surface area contributed by atoms with Crippen molar-refractivity contribution in [2.45, 2.75) is 31.4 Å². The highest BCUT2D eigenvalue weighted by atomic mass is 32.2. The van der Waals surface area contributed by atoms with Crippen molar-refractivity contribution in [3.8, 4) is 0 Å². The zero-order chi connectivity index (χ0) is 11.4. The van der Waals surface area contributed by atoms with E-state index in [4.69, 9.17) is 5.11 Å². The Balaban J connectivity index is 1.57. The third kappa shape index (κ3) is 3.64. The van der Waals surface area contributed by atoms with Crippen molar-refractivity contribution in [2.75, 3.05) is 24.6 Å². The maximum atomic E-state index is 11.6. The maximum Gasteiger partial charge on any atom is 0.221 e. The highest BCUT2D eigenvalue weighted by molar-refractivity contribution is 7.99. The number of amides is 1. The SMILES string of the molecule is O=C(CC1CSCCN1)NCC1CC(O)C1. The summed E-state index contributed by atoms with van der Waals surface area (Å²) >= 11 is 1.91. The van der Waals surface area contributed by atoms with Crippen LogP contribution in [-0.4, -0.2) is 47.8 Å². The first-order chi connectivity index (χ1) is 7.74. The zero-order valence-corrected chi connectivity index (χ0v) is 10.3. The van der Waals surface area contributed by atoms with E-state index in [-0.39, 0.29) is 12.0 Å². The van der Waals surface area contributed by atoms with Gasteiger partial charge in [0.05, 0.1) is 6.10 Å². The van der Waals surface area contributed by atoms with Crippen LogP contribution in [0.5, 0.6) is 0 Å². The fourth-order valence-corrected chi connectivity index (χ4v) is 3.12. The summed E-state index contributed by atoms with van der Waals surface area (Å²) in [5.41, 5.74) is 0. The van der Waals surface area contributed by atoms with Crippen molar-refractivity contribution < 1.29 is 9.90 Å². The number of hydrogen-bond acceptors (Lipinski definition) is 4. The Morgan fingerprint density at radius 3 is 2.94 bits per heavy atom. The Morgan fingerprint density at radius 1 is 1.50 bits per heavy atom. The molecule has 0 aromatic rings. The number of thioether (sulfide) groups is 1. The molecule has 0 aromatic carbocycles. The molecule has 1 saturated heterocycles. The van der Waals surface area contributed by atoms with E-state index >= 15 is 0 Å². The lowest BCUT2D eigenvalue weighted by molar-refractivity contribution is -0.122. The van der Waals surface area contributed by atoms with Crippen molar-refractivity contribution in [3.63, 3.8) is 0 Å². The lowest BCUT2D eigenvalue weighted by atomic mass is 9.82. The van der Waals surface area contributed by atoms with Crippen molar-refractivity contribution >= 4 is 17.7 Å². The molecule has 1 heterocycles. The second-order valence-electron chi connectivity index (χ2n) is 4.73. The molecule has 2 aliphatic rings. The van der Waals surface area contributed by atoms with E-state index in [0.29, 0.717) is 18.4 Å². The van der Waals surface area contributed by atoms with Gasteiger partial charge in [-0.05, 0) is 18.8 Å². The van der Waals surface area contributed by atoms with Gasteiger partial charge in [-0.25, -0.2) is 0 Å². The molecule has 1 unspecified atom stereocenters. The smallest absolute Gasteiger partial charge is 0.221 e. The number of carbonyl (C=O) groups excluding carboxylic acids is 1. The van der Waals surface area contributed by atoms with Crippen LogP contribution >= 0.6 is 11.8 Å². The minimum absolute atomic E-state index is 0.127. The molecule has 0 bridgehead atoms. The van der Waals surface area contributed by atoms with Crippen molar-refractivity contribution in [1.82, 2.24) is 10.6 Å². The topological polar surface area (TPSA) is 61.4 Å². The number of aliphatic hydroxyl groups is 1. The molecule has 1 aliphatic heterocycles. The molecule has 1 amide bonds. The number of hydrogen-bond donors (Lipinski definition) is 3. The lowest BCUT2D eigenvalue weighted by Gasteiger charge is -2.31. The summed E-state index contributed by atoms with van der Waals surface area (Å²) in [6.07, 6.45) is 2.15. The molecule has 1 aliphatic carbocycles. The lowest BCUT2D eigenvalue weighted by Crippen LogP contribution is -2.43. The first-order valence-corrected chi connectivity index (χ1v) is 7.15. The van der Waals surface area contributed by atoms with Gasteiger partial charge in [0.15, 0.2) is 0 Å². The second-order valence-corrected chi connectivity index (χ2v) is 5.88. The fourth-order valence-electron chi connectivity index (χ4n) is 2.17. The monoisotopic (exact) mass is 244 g/mol. The van der Waals surface area contributed by atoms with Crippen LogP contribution in [0.1, 0.15) is 19.3 Å². The van der Waals surface area contributed by atoms with Gasteiger partial charge in [-0.3, -0.25) is 4.79 Å². The first kappa shape index (κ1) is 12.2. The molecule has 92 valence electrons. The molecular weight excluding hydrogens is 224 g/mol. The predicted molar refractivity (Wildman–Crippen MR) is 65.5 cm³/mol. The minimum atomic E-state index is -0.127. The van der Waals surface area contributed by atoms with E-state index < -0.39 is 0 Å². The normalized spacial score (nSPS) is 34.2. The third-order valence-electron chi connectivity index (χ3n) is 3.23. The van der Waals surface area contributed by atoms with Gasteiger partial charge in [-0.2, -0.15) is 11.8 Å². The van der Waals surface area contributed by atoms with Crippen LogP contribution in [-0.2, 0) is 4.79 Å². The van der Waals surface area contributed by atoms with E-state index in [2.05, 4.69) is 10.6 Å². The Bertz CT molecular complexity index is 238. The Hall–Kier alpha value is -0.260. The van der Waals surface area contributed by atoms with E-state index in [1.165, 1.54) is 0 Å². The van der Waals surface area contributed by atoms with Gasteiger partial charge in [0.2, 0.25) is 5.91 Å². The molecule has 3 N–H and O–H groups in total. The predicted octanol–water partition coefficient (Wildman–Crippen LogP) is -0.0314. The van der Waals surface area contributed by atoms with Crippen molar-refractivity contribution in [2.24, 2.45) is 5.92 Å². The number of nitrogens with one attached hydrogen (secondary N) is 2. The average Bonchev–Trinajstić information content (AvgIpc) is 2.24. The molecule has 1 saturated carbocycles. The van der Waals surface area contributed by atoms with Crippen LogP contribution in [0.2, 0.25) is 0 Å². The molecule has 1 atom stereocenters. The Kier molecular flexibility index (Phi) is 4.49. The van der Waals surface area contributed by atoms with Crippen LogP contribution in [0.3, 0.4) is 0 Å². The van der Waals surface area contributed by atoms with Gasteiger partial charge >= 0.3 is 0 Å². The standard InChI is InChI=1S/C11H20N2O2S/c14-10-3-8(4-10)6-13-11(15)5-9-7-16-2-1-12-9/h8-10,12,14H,1-7H2,(H,13,15). The first-order valence-electron chi connectivity index (χ1n) is 6.00. The Morgan fingerprint density at radius 2 is 2.31 bits per heavy atom. The highest BCUT2D eigenvalue weighted by Crippen LogP contribution is 2.26. The molecule has 2 fully saturated rings. The van der Waals surface area contributed by atoms with Crippen LogP contribution in [0, 0.1) is 5.92 Å². The molecule has 2 rings (SSSR count). The molecular formula is C11H20N2O2S. The highest BCUT2D eigenvalue weighted by Gasteiger charge is 2.27. The van der Waals surface area contributed by atoms with Crippen LogP contribution in [0.4, 0.5) is 0 Å². The molecule has 0 aromatic heterocycles. The van der Waals surface area contributed by atoms with E-state index in [9.17, 15) is 4.79 Å². The molecule has 4 nitrogen and oxygen atoms in total. The Labute approximate surface area is 101 Å². The van der Waals surface area contributed by atoms with Gasteiger partial charge in [-0.1, -0.05) is 0 Å². The zero-order valence-electron chi connectivity index (χ0n) is 9.45. The second kappa shape index (κ2) is 5.89. The summed E-state index contributed by atoms with van der Waals surface area (Å²) in [6.45, 7) is 1.74. The molecule has 0 radical (unpaired) electrons. The summed E-state index contributed by atoms with van der Waals surface area (Å²) < 4.78 is 0. The number of carbonyl (C=O) groups is 1. The molecule has 5 heteroatoms. The summed E-state index contributed by atoms with van der Waals surface area (Å²) in [5, 5.41) is 15.4. The van der Waals surface area contributed by atoms with Gasteiger partial charge < -0.3 is 15.7 Å². The summed E-state index contributed by atoms with van der Waals surface area (Å²) in [7, 11) is 0. The van der Waals surface area contributed by atoms with Crippen LogP contribution < -0.4 is 10.6 Å². The van der Waals surface area contributed by atoms with E-state index in [0.717, 1.165) is 37.4 Å². The van der Waals surface area contributed by atoms with Crippen molar-refractivity contribution in [3.05, 3.63) is 0 Å². The number of aliphatic hydroxyl groups excluding tert-OH is 1. The third-order valence-corrected chi connectivity index (χ3v) is 4.36. The molecule has 0 spiro atoms. The summed E-state index contributed by atoms with van der Waals surface area (Å²) in [6, 6.07) is 0.339. The van der Waals surface area contributed by atoms with Gasteiger partial charge in [0.25, 0.3) is 0 Å². The van der Waals surface area contributed by atoms with Gasteiger partial charge in [0, 0.05) is 37.1 Å². The summed E-state index contributed by atoms with van der Waals surface area (Å²) in [5.74, 6) is 2.82. The average molecular weight is 244 g/mol. The van der Waals surface area contributed by atoms with Crippen molar-refractivity contribution in [1.29, 1.82) is 0 Å². The molecule has 16 heavy (non-hydrogen) atoms. The van der Waals surface area contributed by atoms with E-state index in [1.807, 2.05) is 11.8 Å². The minimum Gasteiger partial charge on any atom is -0.393 e. The summed E-state index contributed by atoms with van der Waals surface area (Å²) in [4.78, 5) is 11.6. The van der Waals surface area contributed by atoms with Crippen LogP contribution in [0.15, 0.2) is 0 Å². The maximum absolute atomic E-state index is 11.6. The largest absolute Gasteiger partial charge is 0.393 e.